The second kappa shape index (κ2) is 12.3. The molecule has 17 heavy (non-hydrogen) atoms. The number of nitrogens with zero attached hydrogens (tertiary/aromatic N) is 2. The smallest absolute Gasteiger partial charge is 0.0701 e. The third-order valence-electron chi connectivity index (χ3n) is 2.11. The van der Waals surface area contributed by atoms with Crippen molar-refractivity contribution >= 4 is 0 Å². The molecule has 0 atom stereocenters. The SMILES string of the molecule is CN(C)CCOCCOCCOCCN(C)C. The van der Waals surface area contributed by atoms with Gasteiger partial charge < -0.3 is 24.0 Å². The van der Waals surface area contributed by atoms with Crippen molar-refractivity contribution in [1.29, 1.82) is 0 Å². The summed E-state index contributed by atoms with van der Waals surface area (Å²) in [5.41, 5.74) is 0. The predicted octanol–water partition coefficient (Wildman–Crippen LogP) is 0.159. The lowest BCUT2D eigenvalue weighted by Gasteiger charge is -2.11. The summed E-state index contributed by atoms with van der Waals surface area (Å²) in [4.78, 5) is 4.19. The van der Waals surface area contributed by atoms with Gasteiger partial charge in [-0.15, -0.1) is 0 Å². The van der Waals surface area contributed by atoms with Crippen molar-refractivity contribution in [3.05, 3.63) is 0 Å². The van der Waals surface area contributed by atoms with E-state index in [1.54, 1.807) is 0 Å². The lowest BCUT2D eigenvalue weighted by atomic mass is 10.6. The first kappa shape index (κ1) is 16.8. The van der Waals surface area contributed by atoms with Crippen molar-refractivity contribution in [2.75, 3.05) is 80.9 Å². The van der Waals surface area contributed by atoms with E-state index in [0.29, 0.717) is 26.4 Å². The summed E-state index contributed by atoms with van der Waals surface area (Å²) in [6.45, 7) is 6.03. The van der Waals surface area contributed by atoms with Crippen LogP contribution in [0.2, 0.25) is 0 Å². The largest absolute Gasteiger partial charge is 0.378 e. The van der Waals surface area contributed by atoms with Crippen molar-refractivity contribution in [3.63, 3.8) is 0 Å². The Labute approximate surface area is 106 Å². The van der Waals surface area contributed by atoms with Crippen LogP contribution >= 0.6 is 0 Å². The zero-order valence-electron chi connectivity index (χ0n) is 11.8. The monoisotopic (exact) mass is 248 g/mol. The van der Waals surface area contributed by atoms with Crippen LogP contribution in [-0.2, 0) is 14.2 Å². The Balaban J connectivity index is 2.94. The first-order valence-electron chi connectivity index (χ1n) is 6.15. The second-order valence-electron chi connectivity index (χ2n) is 4.44. The van der Waals surface area contributed by atoms with Crippen LogP contribution in [-0.4, -0.2) is 90.7 Å². The number of ether oxygens (including phenoxy) is 3. The van der Waals surface area contributed by atoms with Crippen LogP contribution in [0, 0.1) is 0 Å². The molecule has 5 heteroatoms. The van der Waals surface area contributed by atoms with Crippen molar-refractivity contribution in [2.45, 2.75) is 0 Å². The molecule has 0 rings (SSSR count). The number of hydrogen-bond donors (Lipinski definition) is 0. The molecule has 0 saturated carbocycles. The van der Waals surface area contributed by atoms with E-state index >= 15 is 0 Å². The summed E-state index contributed by atoms with van der Waals surface area (Å²) < 4.78 is 16.1. The van der Waals surface area contributed by atoms with Crippen LogP contribution in [0.5, 0.6) is 0 Å². The Kier molecular flexibility index (Phi) is 12.1. The van der Waals surface area contributed by atoms with E-state index < -0.39 is 0 Å². The fourth-order valence-electron chi connectivity index (χ4n) is 1.04. The number of hydrogen-bond acceptors (Lipinski definition) is 5. The first-order chi connectivity index (χ1) is 8.13. The molecule has 0 bridgehead atoms. The molecular formula is C12H28N2O3. The average molecular weight is 248 g/mol. The minimum Gasteiger partial charge on any atom is -0.378 e. The van der Waals surface area contributed by atoms with Crippen molar-refractivity contribution < 1.29 is 14.2 Å². The Morgan fingerprint density at radius 1 is 0.529 bits per heavy atom. The van der Waals surface area contributed by atoms with Gasteiger partial charge in [0.15, 0.2) is 0 Å². The highest BCUT2D eigenvalue weighted by atomic mass is 16.5. The second-order valence-corrected chi connectivity index (χ2v) is 4.44. The van der Waals surface area contributed by atoms with Gasteiger partial charge in [-0.1, -0.05) is 0 Å². The van der Waals surface area contributed by atoms with Crippen molar-refractivity contribution in [3.8, 4) is 0 Å². The van der Waals surface area contributed by atoms with E-state index in [1.807, 2.05) is 28.2 Å². The molecule has 0 fully saturated rings. The molecule has 0 aliphatic rings. The van der Waals surface area contributed by atoms with Gasteiger partial charge in [0.25, 0.3) is 0 Å². The van der Waals surface area contributed by atoms with Crippen LogP contribution in [0.1, 0.15) is 0 Å². The van der Waals surface area contributed by atoms with Crippen LogP contribution in [0.4, 0.5) is 0 Å². The standard InChI is InChI=1S/C12H28N2O3/c1-13(2)5-7-15-9-11-17-12-10-16-8-6-14(3)4/h5-12H2,1-4H3. The summed E-state index contributed by atoms with van der Waals surface area (Å²) in [5.74, 6) is 0. The Morgan fingerprint density at radius 2 is 0.824 bits per heavy atom. The van der Waals surface area contributed by atoms with E-state index in [-0.39, 0.29) is 0 Å². The normalized spacial score (nSPS) is 11.6. The van der Waals surface area contributed by atoms with Crippen molar-refractivity contribution in [1.82, 2.24) is 9.80 Å². The molecule has 0 aliphatic heterocycles. The summed E-state index contributed by atoms with van der Waals surface area (Å²) in [6, 6.07) is 0. The van der Waals surface area contributed by atoms with Crippen LogP contribution in [0.3, 0.4) is 0 Å². The maximum absolute atomic E-state index is 5.39. The molecule has 0 N–H and O–H groups in total. The third-order valence-corrected chi connectivity index (χ3v) is 2.11. The van der Waals surface area contributed by atoms with Gasteiger partial charge in [0.2, 0.25) is 0 Å². The highest BCUT2D eigenvalue weighted by Crippen LogP contribution is 1.83. The minimum absolute atomic E-state index is 0.643. The molecule has 0 saturated heterocycles. The lowest BCUT2D eigenvalue weighted by Crippen LogP contribution is -2.20. The molecular weight excluding hydrogens is 220 g/mol. The molecule has 0 heterocycles. The molecule has 5 nitrogen and oxygen atoms in total. The summed E-state index contributed by atoms with van der Waals surface area (Å²) >= 11 is 0. The Hall–Kier alpha value is -0.200. The molecule has 104 valence electrons. The average Bonchev–Trinajstić information content (AvgIpc) is 2.25. The molecule has 0 spiro atoms. The zero-order valence-corrected chi connectivity index (χ0v) is 11.8. The van der Waals surface area contributed by atoms with Gasteiger partial charge in [-0.25, -0.2) is 0 Å². The number of rotatable bonds is 12. The number of likely N-dealkylation sites (N-methyl/N-ethyl adjacent to an activating group) is 2. The Morgan fingerprint density at radius 3 is 1.12 bits per heavy atom. The van der Waals surface area contributed by atoms with Gasteiger partial charge in [0.05, 0.1) is 39.6 Å². The quantitative estimate of drug-likeness (QED) is 0.460. The van der Waals surface area contributed by atoms with Crippen LogP contribution < -0.4 is 0 Å². The summed E-state index contributed by atoms with van der Waals surface area (Å²) in [6.07, 6.45) is 0. The molecule has 0 unspecified atom stereocenters. The highest BCUT2D eigenvalue weighted by molar-refractivity contribution is 4.41. The van der Waals surface area contributed by atoms with Gasteiger partial charge in [0, 0.05) is 13.1 Å². The van der Waals surface area contributed by atoms with E-state index in [1.165, 1.54) is 0 Å². The zero-order chi connectivity index (χ0) is 12.9. The predicted molar refractivity (Wildman–Crippen MR) is 69.6 cm³/mol. The summed E-state index contributed by atoms with van der Waals surface area (Å²) in [7, 11) is 8.13. The van der Waals surface area contributed by atoms with E-state index in [4.69, 9.17) is 14.2 Å². The first-order valence-corrected chi connectivity index (χ1v) is 6.15. The minimum atomic E-state index is 0.643. The fraction of sp³-hybridized carbons (Fsp3) is 1.00. The fourth-order valence-corrected chi connectivity index (χ4v) is 1.04. The topological polar surface area (TPSA) is 34.2 Å². The van der Waals surface area contributed by atoms with E-state index in [9.17, 15) is 0 Å². The van der Waals surface area contributed by atoms with Gasteiger partial charge >= 0.3 is 0 Å². The third kappa shape index (κ3) is 15.8. The molecule has 0 aromatic heterocycles. The lowest BCUT2D eigenvalue weighted by molar-refractivity contribution is 0.0104. The Bertz CT molecular complexity index is 139. The molecule has 0 amide bonds. The van der Waals surface area contributed by atoms with Gasteiger partial charge in [-0.3, -0.25) is 0 Å². The summed E-state index contributed by atoms with van der Waals surface area (Å²) in [5, 5.41) is 0. The van der Waals surface area contributed by atoms with Crippen molar-refractivity contribution in [2.24, 2.45) is 0 Å². The highest BCUT2D eigenvalue weighted by Gasteiger charge is 1.93. The van der Waals surface area contributed by atoms with E-state index in [0.717, 1.165) is 26.3 Å². The molecule has 0 aliphatic carbocycles. The molecule has 0 aromatic rings. The maximum Gasteiger partial charge on any atom is 0.0701 e. The van der Waals surface area contributed by atoms with Gasteiger partial charge in [-0.2, -0.15) is 0 Å². The van der Waals surface area contributed by atoms with Gasteiger partial charge in [-0.05, 0) is 28.2 Å². The molecule has 0 aromatic carbocycles. The maximum atomic E-state index is 5.39. The van der Waals surface area contributed by atoms with E-state index in [2.05, 4.69) is 9.80 Å². The van der Waals surface area contributed by atoms with Gasteiger partial charge in [0.1, 0.15) is 0 Å². The van der Waals surface area contributed by atoms with Crippen LogP contribution in [0.15, 0.2) is 0 Å². The molecule has 0 radical (unpaired) electrons. The van der Waals surface area contributed by atoms with Crippen LogP contribution in [0.25, 0.3) is 0 Å².